The second-order valence-corrected chi connectivity index (χ2v) is 6.61. The standard InChI is InChI=1S/C22H19N3O3/c1-14-5-2-3-6-16(14)13-25-18-9-10-28-20(18)12-19(25)22(27)24-17-8-4-7-15(11-17)21(23)26/h2-12H,13H2,1H3,(H2,23,26)(H,24,27). The van der Waals surface area contributed by atoms with Crippen LogP contribution >= 0.6 is 0 Å². The van der Waals surface area contributed by atoms with Crippen molar-refractivity contribution < 1.29 is 14.0 Å². The second kappa shape index (κ2) is 7.08. The van der Waals surface area contributed by atoms with Crippen molar-refractivity contribution in [3.63, 3.8) is 0 Å². The third-order valence-electron chi connectivity index (χ3n) is 4.75. The highest BCUT2D eigenvalue weighted by Crippen LogP contribution is 2.24. The number of primary amides is 1. The molecule has 0 aliphatic rings. The number of rotatable bonds is 5. The van der Waals surface area contributed by atoms with Gasteiger partial charge < -0.3 is 20.0 Å². The zero-order valence-electron chi connectivity index (χ0n) is 15.3. The van der Waals surface area contributed by atoms with Gasteiger partial charge in [0.1, 0.15) is 5.69 Å². The second-order valence-electron chi connectivity index (χ2n) is 6.61. The molecule has 2 aromatic carbocycles. The average molecular weight is 373 g/mol. The predicted octanol–water partition coefficient (Wildman–Crippen LogP) is 3.94. The maximum atomic E-state index is 13.0. The number of carbonyl (C=O) groups is 2. The van der Waals surface area contributed by atoms with Crippen molar-refractivity contribution in [1.82, 2.24) is 4.57 Å². The van der Waals surface area contributed by atoms with E-state index < -0.39 is 5.91 Å². The molecule has 0 saturated carbocycles. The highest BCUT2D eigenvalue weighted by atomic mass is 16.3. The molecule has 0 saturated heterocycles. The molecule has 0 aliphatic carbocycles. The number of aryl methyl sites for hydroxylation is 1. The first-order valence-corrected chi connectivity index (χ1v) is 8.85. The summed E-state index contributed by atoms with van der Waals surface area (Å²) in [5, 5.41) is 2.84. The summed E-state index contributed by atoms with van der Waals surface area (Å²) >= 11 is 0. The van der Waals surface area contributed by atoms with Crippen LogP contribution < -0.4 is 11.1 Å². The minimum Gasteiger partial charge on any atom is -0.463 e. The number of amides is 2. The summed E-state index contributed by atoms with van der Waals surface area (Å²) in [7, 11) is 0. The number of nitrogens with one attached hydrogen (secondary N) is 1. The number of nitrogens with zero attached hydrogens (tertiary/aromatic N) is 1. The molecule has 0 unspecified atom stereocenters. The summed E-state index contributed by atoms with van der Waals surface area (Å²) in [6, 6.07) is 18.2. The molecule has 2 aromatic heterocycles. The number of anilines is 1. The van der Waals surface area contributed by atoms with Crippen molar-refractivity contribution in [2.45, 2.75) is 13.5 Å². The van der Waals surface area contributed by atoms with Gasteiger partial charge in [0.15, 0.2) is 5.58 Å². The quantitative estimate of drug-likeness (QED) is 0.555. The van der Waals surface area contributed by atoms with Gasteiger partial charge in [-0.1, -0.05) is 30.3 Å². The third-order valence-corrected chi connectivity index (χ3v) is 4.75. The summed E-state index contributed by atoms with van der Waals surface area (Å²) in [4.78, 5) is 24.3. The van der Waals surface area contributed by atoms with Crippen molar-refractivity contribution >= 4 is 28.6 Å². The molecule has 4 rings (SSSR count). The van der Waals surface area contributed by atoms with Crippen LogP contribution in [0.2, 0.25) is 0 Å². The Labute approximate surface area is 161 Å². The monoisotopic (exact) mass is 373 g/mol. The van der Waals surface area contributed by atoms with Crippen molar-refractivity contribution in [1.29, 1.82) is 0 Å². The van der Waals surface area contributed by atoms with Gasteiger partial charge in [0.25, 0.3) is 5.91 Å². The first-order valence-electron chi connectivity index (χ1n) is 8.85. The lowest BCUT2D eigenvalue weighted by Gasteiger charge is -2.12. The fraction of sp³-hybridized carbons (Fsp3) is 0.0909. The van der Waals surface area contributed by atoms with Crippen LogP contribution in [-0.4, -0.2) is 16.4 Å². The fourth-order valence-electron chi connectivity index (χ4n) is 3.24. The SMILES string of the molecule is Cc1ccccc1Cn1c(C(=O)Nc2cccc(C(N)=O)c2)cc2occc21. The molecule has 28 heavy (non-hydrogen) atoms. The smallest absolute Gasteiger partial charge is 0.272 e. The molecule has 0 spiro atoms. The minimum atomic E-state index is -0.545. The Hall–Kier alpha value is -3.80. The molecule has 0 aliphatic heterocycles. The van der Waals surface area contributed by atoms with Crippen LogP contribution in [0, 0.1) is 6.92 Å². The number of carbonyl (C=O) groups excluding carboxylic acids is 2. The first-order chi connectivity index (χ1) is 13.5. The van der Waals surface area contributed by atoms with Gasteiger partial charge in [0.2, 0.25) is 5.91 Å². The molecule has 6 nitrogen and oxygen atoms in total. The van der Waals surface area contributed by atoms with Crippen LogP contribution in [0.25, 0.3) is 11.1 Å². The number of hydrogen-bond donors (Lipinski definition) is 2. The maximum absolute atomic E-state index is 13.0. The number of benzene rings is 2. The zero-order chi connectivity index (χ0) is 19.7. The highest BCUT2D eigenvalue weighted by Gasteiger charge is 2.18. The molecule has 0 bridgehead atoms. The Balaban J connectivity index is 1.69. The lowest BCUT2D eigenvalue weighted by Crippen LogP contribution is -2.18. The lowest BCUT2D eigenvalue weighted by molar-refractivity contribution is 0.0995. The van der Waals surface area contributed by atoms with Gasteiger partial charge in [0, 0.05) is 29.9 Å². The number of aromatic nitrogens is 1. The van der Waals surface area contributed by atoms with E-state index in [-0.39, 0.29) is 5.91 Å². The number of furan rings is 1. The van der Waals surface area contributed by atoms with Crippen molar-refractivity contribution in [3.05, 3.63) is 89.3 Å². The van der Waals surface area contributed by atoms with Crippen molar-refractivity contribution in [3.8, 4) is 0 Å². The Morgan fingerprint density at radius 1 is 1.07 bits per heavy atom. The van der Waals surface area contributed by atoms with Gasteiger partial charge in [0.05, 0.1) is 11.8 Å². The topological polar surface area (TPSA) is 90.3 Å². The van der Waals surface area contributed by atoms with E-state index in [1.165, 1.54) is 0 Å². The normalized spacial score (nSPS) is 10.9. The molecule has 3 N–H and O–H groups in total. The fourth-order valence-corrected chi connectivity index (χ4v) is 3.24. The Morgan fingerprint density at radius 3 is 2.68 bits per heavy atom. The molecular formula is C22H19N3O3. The summed E-state index contributed by atoms with van der Waals surface area (Å²) in [6.07, 6.45) is 1.61. The molecule has 6 heteroatoms. The maximum Gasteiger partial charge on any atom is 0.272 e. The van der Waals surface area contributed by atoms with Gasteiger partial charge in [-0.25, -0.2) is 0 Å². The van der Waals surface area contributed by atoms with E-state index in [9.17, 15) is 9.59 Å². The van der Waals surface area contributed by atoms with E-state index >= 15 is 0 Å². The Kier molecular flexibility index (Phi) is 4.45. The van der Waals surface area contributed by atoms with Crippen LogP contribution in [0.15, 0.2) is 71.3 Å². The molecule has 0 fully saturated rings. The molecule has 4 aromatic rings. The molecular weight excluding hydrogens is 354 g/mol. The van der Waals surface area contributed by atoms with Crippen LogP contribution in [0.4, 0.5) is 5.69 Å². The largest absolute Gasteiger partial charge is 0.463 e. The van der Waals surface area contributed by atoms with E-state index in [0.717, 1.165) is 16.6 Å². The number of hydrogen-bond acceptors (Lipinski definition) is 3. The molecule has 140 valence electrons. The van der Waals surface area contributed by atoms with Crippen LogP contribution in [0.5, 0.6) is 0 Å². The first kappa shape index (κ1) is 17.6. The van der Waals surface area contributed by atoms with E-state index in [4.69, 9.17) is 10.2 Å². The van der Waals surface area contributed by atoms with Crippen molar-refractivity contribution in [2.75, 3.05) is 5.32 Å². The van der Waals surface area contributed by atoms with E-state index in [1.54, 1.807) is 36.6 Å². The molecule has 0 radical (unpaired) electrons. The Bertz CT molecular complexity index is 1190. The minimum absolute atomic E-state index is 0.290. The summed E-state index contributed by atoms with van der Waals surface area (Å²) < 4.78 is 7.42. The van der Waals surface area contributed by atoms with E-state index in [1.807, 2.05) is 41.8 Å². The van der Waals surface area contributed by atoms with Gasteiger partial charge in [-0.3, -0.25) is 9.59 Å². The van der Waals surface area contributed by atoms with Crippen molar-refractivity contribution in [2.24, 2.45) is 5.73 Å². The summed E-state index contributed by atoms with van der Waals surface area (Å²) in [5.41, 5.74) is 10.4. The van der Waals surface area contributed by atoms with E-state index in [2.05, 4.69) is 5.32 Å². The Morgan fingerprint density at radius 2 is 1.89 bits per heavy atom. The molecule has 2 amide bonds. The van der Waals surface area contributed by atoms with Gasteiger partial charge >= 0.3 is 0 Å². The van der Waals surface area contributed by atoms with Gasteiger partial charge in [-0.2, -0.15) is 0 Å². The predicted molar refractivity (Wildman–Crippen MR) is 107 cm³/mol. The highest BCUT2D eigenvalue weighted by molar-refractivity contribution is 6.06. The van der Waals surface area contributed by atoms with Crippen LogP contribution in [0.3, 0.4) is 0 Å². The summed E-state index contributed by atoms with van der Waals surface area (Å²) in [6.45, 7) is 2.58. The number of nitrogens with two attached hydrogens (primary N) is 1. The lowest BCUT2D eigenvalue weighted by atomic mass is 10.1. The van der Waals surface area contributed by atoms with Gasteiger partial charge in [-0.15, -0.1) is 0 Å². The van der Waals surface area contributed by atoms with E-state index in [0.29, 0.717) is 29.1 Å². The third kappa shape index (κ3) is 3.27. The summed E-state index contributed by atoms with van der Waals surface area (Å²) in [5.74, 6) is -0.835. The molecule has 0 atom stereocenters. The number of fused-ring (bicyclic) bond motifs is 1. The van der Waals surface area contributed by atoms with Gasteiger partial charge in [-0.05, 0) is 36.2 Å². The zero-order valence-corrected chi connectivity index (χ0v) is 15.3. The van der Waals surface area contributed by atoms with Crippen LogP contribution in [0.1, 0.15) is 32.0 Å². The van der Waals surface area contributed by atoms with Crippen LogP contribution in [-0.2, 0) is 6.54 Å². The average Bonchev–Trinajstić information content (AvgIpc) is 3.26. The molecule has 2 heterocycles.